The lowest BCUT2D eigenvalue weighted by Crippen LogP contribution is -2.40. The lowest BCUT2D eigenvalue weighted by Gasteiger charge is -2.28. The van der Waals surface area contributed by atoms with Gasteiger partial charge < -0.3 is 9.84 Å². The van der Waals surface area contributed by atoms with E-state index in [-0.39, 0.29) is 11.9 Å². The molecule has 1 heterocycles. The summed E-state index contributed by atoms with van der Waals surface area (Å²) in [5.41, 5.74) is 2.42. The van der Waals surface area contributed by atoms with E-state index >= 15 is 0 Å². The van der Waals surface area contributed by atoms with E-state index in [2.05, 4.69) is 17.4 Å². The summed E-state index contributed by atoms with van der Waals surface area (Å²) in [5, 5.41) is 7.37. The van der Waals surface area contributed by atoms with Gasteiger partial charge in [0.05, 0.1) is 16.3 Å². The zero-order valence-corrected chi connectivity index (χ0v) is 17.2. The van der Waals surface area contributed by atoms with Crippen LogP contribution in [0.1, 0.15) is 54.2 Å². The van der Waals surface area contributed by atoms with Crippen LogP contribution in [0.5, 0.6) is 0 Å². The summed E-state index contributed by atoms with van der Waals surface area (Å²) in [7, 11) is 0. The number of amides is 1. The Hall–Kier alpha value is -2.14. The summed E-state index contributed by atoms with van der Waals surface area (Å²) in [6.45, 7) is 5.57. The number of carbonyl (C=O) groups excluding carboxylic acids is 1. The Morgan fingerprint density at radius 2 is 2.07 bits per heavy atom. The molecule has 0 unspecified atom stereocenters. The van der Waals surface area contributed by atoms with Crippen LogP contribution in [0.15, 0.2) is 27.5 Å². The quantitative estimate of drug-likeness (QED) is 0.818. The second-order valence-electron chi connectivity index (χ2n) is 8.35. The van der Waals surface area contributed by atoms with Gasteiger partial charge in [0.1, 0.15) is 0 Å². The van der Waals surface area contributed by atoms with E-state index in [4.69, 9.17) is 16.1 Å². The fraction of sp³-hybridized carbons (Fsp3) is 0.500. The lowest BCUT2D eigenvalue weighted by atomic mass is 9.84. The maximum Gasteiger partial charge on any atom is 0.362 e. The normalized spacial score (nSPS) is 24.4. The van der Waals surface area contributed by atoms with Crippen molar-refractivity contribution in [3.8, 4) is 11.1 Å². The molecular weight excluding hydrogens is 376 g/mol. The molecule has 1 aromatic carbocycles. The molecule has 6 heteroatoms. The van der Waals surface area contributed by atoms with Crippen LogP contribution in [0.4, 0.5) is 0 Å². The van der Waals surface area contributed by atoms with Crippen LogP contribution >= 0.6 is 11.6 Å². The SMILES string of the molecule is Cc1noc(=O)c(C)c1-c1ccc(Cl)c(C(=O)N[C@@H](C)[C@@H]2C[C@@H]3CC[C@@H]2C3)c1. The van der Waals surface area contributed by atoms with Crippen molar-refractivity contribution in [3.63, 3.8) is 0 Å². The molecule has 0 spiro atoms. The molecule has 0 radical (unpaired) electrons. The first-order valence-corrected chi connectivity index (χ1v) is 10.3. The van der Waals surface area contributed by atoms with Gasteiger partial charge in [-0.1, -0.05) is 29.2 Å². The van der Waals surface area contributed by atoms with Gasteiger partial charge in [-0.15, -0.1) is 0 Å². The predicted octanol–water partition coefficient (Wildman–Crippen LogP) is 4.53. The predicted molar refractivity (Wildman–Crippen MR) is 109 cm³/mol. The lowest BCUT2D eigenvalue weighted by molar-refractivity contribution is 0.0915. The third-order valence-corrected chi connectivity index (χ3v) is 6.93. The number of fused-ring (bicyclic) bond motifs is 2. The maximum absolute atomic E-state index is 13.0. The molecule has 2 saturated carbocycles. The number of aryl methyl sites for hydroxylation is 1. The van der Waals surface area contributed by atoms with Crippen LogP contribution in [-0.4, -0.2) is 17.1 Å². The van der Waals surface area contributed by atoms with Crippen molar-refractivity contribution in [3.05, 3.63) is 50.5 Å². The van der Waals surface area contributed by atoms with Gasteiger partial charge in [0.15, 0.2) is 0 Å². The van der Waals surface area contributed by atoms with Crippen LogP contribution < -0.4 is 10.9 Å². The minimum absolute atomic E-state index is 0.122. The van der Waals surface area contributed by atoms with Crippen LogP contribution in [0.2, 0.25) is 5.02 Å². The molecule has 2 fully saturated rings. The first-order chi connectivity index (χ1) is 13.3. The summed E-state index contributed by atoms with van der Waals surface area (Å²) in [4.78, 5) is 24.8. The van der Waals surface area contributed by atoms with Gasteiger partial charge in [-0.25, -0.2) is 4.79 Å². The van der Waals surface area contributed by atoms with Crippen LogP contribution in [0.3, 0.4) is 0 Å². The van der Waals surface area contributed by atoms with Crippen molar-refractivity contribution >= 4 is 17.5 Å². The number of hydrogen-bond acceptors (Lipinski definition) is 4. The number of benzene rings is 1. The zero-order valence-electron chi connectivity index (χ0n) is 16.4. The van der Waals surface area contributed by atoms with E-state index in [1.54, 1.807) is 32.0 Å². The van der Waals surface area contributed by atoms with E-state index in [0.29, 0.717) is 33.3 Å². The molecule has 148 valence electrons. The molecule has 2 bridgehead atoms. The number of aromatic nitrogens is 1. The van der Waals surface area contributed by atoms with Crippen molar-refractivity contribution in [2.24, 2.45) is 17.8 Å². The molecule has 1 amide bonds. The largest absolute Gasteiger partial charge is 0.362 e. The first-order valence-electron chi connectivity index (χ1n) is 9.93. The van der Waals surface area contributed by atoms with Crippen molar-refractivity contribution < 1.29 is 9.32 Å². The third kappa shape index (κ3) is 3.37. The highest BCUT2D eigenvalue weighted by Crippen LogP contribution is 2.49. The summed E-state index contributed by atoms with van der Waals surface area (Å²) in [5.74, 6) is 1.96. The number of nitrogens with zero attached hydrogens (tertiary/aromatic N) is 1. The number of halogens is 1. The van der Waals surface area contributed by atoms with Crippen molar-refractivity contribution in [1.82, 2.24) is 10.5 Å². The van der Waals surface area contributed by atoms with E-state index in [1.807, 2.05) is 0 Å². The maximum atomic E-state index is 13.0. The van der Waals surface area contributed by atoms with E-state index in [9.17, 15) is 9.59 Å². The highest BCUT2D eigenvalue weighted by molar-refractivity contribution is 6.34. The summed E-state index contributed by atoms with van der Waals surface area (Å²) < 4.78 is 4.78. The van der Waals surface area contributed by atoms with Gasteiger partial charge in [0.25, 0.3) is 5.91 Å². The van der Waals surface area contributed by atoms with Crippen molar-refractivity contribution in [2.45, 2.75) is 52.5 Å². The number of carbonyl (C=O) groups is 1. The molecular formula is C22H25ClN2O3. The first kappa shape index (κ1) is 19.2. The van der Waals surface area contributed by atoms with Crippen LogP contribution in [-0.2, 0) is 0 Å². The van der Waals surface area contributed by atoms with Gasteiger partial charge in [-0.2, -0.15) is 0 Å². The Kier molecular flexibility index (Phi) is 5.04. The molecule has 1 N–H and O–H groups in total. The molecule has 2 aliphatic rings. The highest BCUT2D eigenvalue weighted by Gasteiger charge is 2.42. The molecule has 2 aliphatic carbocycles. The third-order valence-electron chi connectivity index (χ3n) is 6.60. The summed E-state index contributed by atoms with van der Waals surface area (Å²) in [6.07, 6.45) is 5.15. The van der Waals surface area contributed by atoms with Gasteiger partial charge in [-0.3, -0.25) is 4.79 Å². The molecule has 1 aromatic heterocycles. The van der Waals surface area contributed by atoms with Gasteiger partial charge in [-0.05, 0) is 75.5 Å². The standard InChI is InChI=1S/C22H25ClN2O3/c1-11-20(13(3)25-28-22(11)27)16-6-7-19(23)18(10-16)21(26)24-12(2)17-9-14-4-5-15(17)8-14/h6-7,10,12,14-15,17H,4-5,8-9H2,1-3H3,(H,24,26)/t12-,14+,15+,17-/m0/s1. The molecule has 28 heavy (non-hydrogen) atoms. The fourth-order valence-electron chi connectivity index (χ4n) is 5.18. The number of hydrogen-bond donors (Lipinski definition) is 1. The topological polar surface area (TPSA) is 72.2 Å². The summed E-state index contributed by atoms with van der Waals surface area (Å²) in [6, 6.07) is 5.36. The van der Waals surface area contributed by atoms with E-state index < -0.39 is 5.63 Å². The minimum atomic E-state index is -0.480. The average Bonchev–Trinajstić information content (AvgIpc) is 3.29. The molecule has 0 saturated heterocycles. The monoisotopic (exact) mass is 400 g/mol. The van der Waals surface area contributed by atoms with E-state index in [0.717, 1.165) is 17.4 Å². The Bertz CT molecular complexity index is 984. The Morgan fingerprint density at radius 3 is 2.75 bits per heavy atom. The van der Waals surface area contributed by atoms with Crippen LogP contribution in [0, 0.1) is 31.6 Å². The summed E-state index contributed by atoms with van der Waals surface area (Å²) >= 11 is 6.34. The Morgan fingerprint density at radius 1 is 1.29 bits per heavy atom. The highest BCUT2D eigenvalue weighted by atomic mass is 35.5. The van der Waals surface area contributed by atoms with Gasteiger partial charge in [0, 0.05) is 17.2 Å². The smallest absolute Gasteiger partial charge is 0.349 e. The Balaban J connectivity index is 1.60. The molecule has 0 aliphatic heterocycles. The average molecular weight is 401 g/mol. The van der Waals surface area contributed by atoms with Gasteiger partial charge >= 0.3 is 5.63 Å². The van der Waals surface area contributed by atoms with Crippen LogP contribution in [0.25, 0.3) is 11.1 Å². The second-order valence-corrected chi connectivity index (χ2v) is 8.76. The van der Waals surface area contributed by atoms with Gasteiger partial charge in [0.2, 0.25) is 0 Å². The van der Waals surface area contributed by atoms with Crippen molar-refractivity contribution in [1.29, 1.82) is 0 Å². The Labute approximate surface area is 169 Å². The molecule has 2 aromatic rings. The van der Waals surface area contributed by atoms with Crippen molar-refractivity contribution in [2.75, 3.05) is 0 Å². The molecule has 4 atom stereocenters. The molecule has 4 rings (SSSR count). The fourth-order valence-corrected chi connectivity index (χ4v) is 5.38. The second kappa shape index (κ2) is 7.36. The molecule has 5 nitrogen and oxygen atoms in total. The van der Waals surface area contributed by atoms with E-state index in [1.165, 1.54) is 25.7 Å². The number of nitrogens with one attached hydrogen (secondary N) is 1. The zero-order chi connectivity index (χ0) is 20.0. The minimum Gasteiger partial charge on any atom is -0.349 e. The number of rotatable bonds is 4.